The summed E-state index contributed by atoms with van der Waals surface area (Å²) in [5, 5.41) is 7.79. The lowest BCUT2D eigenvalue weighted by atomic mass is 9.93. The van der Waals surface area contributed by atoms with Crippen LogP contribution in [-0.2, 0) is 28.9 Å². The largest absolute Gasteiger partial charge is 0.455 e. The molecule has 3 aromatic rings. The van der Waals surface area contributed by atoms with Crippen LogP contribution in [0.3, 0.4) is 0 Å². The molecule has 8 heteroatoms. The van der Waals surface area contributed by atoms with Gasteiger partial charge in [0, 0.05) is 41.7 Å². The maximum Gasteiger partial charge on any atom is 0.287 e. The number of nitrogens with one attached hydrogen (secondary N) is 1. The first-order valence-corrected chi connectivity index (χ1v) is 11.1. The molecule has 168 valence electrons. The van der Waals surface area contributed by atoms with Crippen LogP contribution < -0.4 is 5.32 Å². The molecule has 0 aromatic carbocycles. The van der Waals surface area contributed by atoms with Crippen molar-refractivity contribution in [1.29, 1.82) is 0 Å². The topological polar surface area (TPSA) is 91.4 Å². The van der Waals surface area contributed by atoms with Crippen molar-refractivity contribution in [3.05, 3.63) is 57.9 Å². The van der Waals surface area contributed by atoms with Gasteiger partial charge >= 0.3 is 0 Å². The van der Waals surface area contributed by atoms with Gasteiger partial charge < -0.3 is 19.2 Å². The normalized spacial score (nSPS) is 17.7. The predicted octanol–water partition coefficient (Wildman–Crippen LogP) is 2.76. The van der Waals surface area contributed by atoms with Gasteiger partial charge in [-0.25, -0.2) is 0 Å². The number of hydrogen-bond donors (Lipinski definition) is 1. The van der Waals surface area contributed by atoms with Crippen molar-refractivity contribution in [3.63, 3.8) is 0 Å². The number of fused-ring (bicyclic) bond motifs is 3. The zero-order valence-electron chi connectivity index (χ0n) is 18.7. The van der Waals surface area contributed by atoms with E-state index in [1.165, 1.54) is 5.56 Å². The number of amides is 1. The molecule has 5 rings (SSSR count). The van der Waals surface area contributed by atoms with E-state index in [0.717, 1.165) is 52.4 Å². The van der Waals surface area contributed by atoms with E-state index >= 15 is 0 Å². The van der Waals surface area contributed by atoms with Gasteiger partial charge in [0.25, 0.3) is 5.91 Å². The van der Waals surface area contributed by atoms with E-state index < -0.39 is 0 Å². The molecule has 1 saturated heterocycles. The lowest BCUT2D eigenvalue weighted by Gasteiger charge is -2.22. The summed E-state index contributed by atoms with van der Waals surface area (Å²) in [4.78, 5) is 17.4. The molecular weight excluding hydrogens is 408 g/mol. The quantitative estimate of drug-likeness (QED) is 0.661. The number of aryl methyl sites for hydroxylation is 4. The highest BCUT2D eigenvalue weighted by Crippen LogP contribution is 2.38. The maximum absolute atomic E-state index is 12.8. The number of nitrogens with zero attached hydrogens (tertiary/aromatic N) is 3. The molecule has 0 radical (unpaired) electrons. The third-order valence-electron chi connectivity index (χ3n) is 6.16. The molecule has 1 amide bonds. The van der Waals surface area contributed by atoms with E-state index in [0.29, 0.717) is 38.7 Å². The highest BCUT2D eigenvalue weighted by atomic mass is 16.6. The summed E-state index contributed by atoms with van der Waals surface area (Å²) in [6, 6.07) is 4.13. The number of ether oxygens (including phenoxy) is 2. The Balaban J connectivity index is 1.36. The fourth-order valence-corrected chi connectivity index (χ4v) is 4.46. The summed E-state index contributed by atoms with van der Waals surface area (Å²) < 4.78 is 19.0. The van der Waals surface area contributed by atoms with Crippen molar-refractivity contribution in [2.75, 3.05) is 26.4 Å². The number of aromatic nitrogens is 3. The summed E-state index contributed by atoms with van der Waals surface area (Å²) in [5.74, 6) is 0.956. The third kappa shape index (κ3) is 3.96. The van der Waals surface area contributed by atoms with E-state index in [9.17, 15) is 4.79 Å². The molecule has 3 aromatic heterocycles. The minimum absolute atomic E-state index is 0.125. The highest BCUT2D eigenvalue weighted by Gasteiger charge is 2.30. The Bertz CT molecular complexity index is 1160. The summed E-state index contributed by atoms with van der Waals surface area (Å²) in [5.41, 5.74) is 7.05. The van der Waals surface area contributed by atoms with Gasteiger partial charge in [-0.05, 0) is 44.4 Å². The van der Waals surface area contributed by atoms with Gasteiger partial charge in [-0.2, -0.15) is 5.10 Å². The number of carbonyl (C=O) groups excluding carboxylic acids is 1. The van der Waals surface area contributed by atoms with Gasteiger partial charge in [0.15, 0.2) is 5.76 Å². The van der Waals surface area contributed by atoms with Crippen LogP contribution in [0.1, 0.15) is 44.4 Å². The average Bonchev–Trinajstić information content (AvgIpc) is 3.35. The Hall–Kier alpha value is -2.97. The van der Waals surface area contributed by atoms with Crippen LogP contribution in [0.5, 0.6) is 0 Å². The second-order valence-corrected chi connectivity index (χ2v) is 8.53. The molecule has 0 unspecified atom stereocenters. The molecule has 1 fully saturated rings. The van der Waals surface area contributed by atoms with Crippen LogP contribution in [0.25, 0.3) is 11.3 Å². The van der Waals surface area contributed by atoms with E-state index in [4.69, 9.17) is 19.0 Å². The number of carbonyl (C=O) groups is 1. The smallest absolute Gasteiger partial charge is 0.287 e. The standard InChI is InChI=1S/C24H28N4O4/c1-14-4-5-17(16(3)26-14)11-28-12-18-6-7-20-21(22(18)27-28)15(2)23(32-20)24(29)25-10-19-13-30-8-9-31-19/h4-5,12,19H,6-11,13H2,1-3H3,(H,25,29)/t19-/m1/s1. The molecule has 32 heavy (non-hydrogen) atoms. The Morgan fingerprint density at radius 2 is 2.09 bits per heavy atom. The van der Waals surface area contributed by atoms with Crippen LogP contribution in [0.4, 0.5) is 0 Å². The molecule has 0 saturated carbocycles. The molecule has 1 N–H and O–H groups in total. The second kappa shape index (κ2) is 8.52. The minimum Gasteiger partial charge on any atom is -0.455 e. The van der Waals surface area contributed by atoms with Crippen molar-refractivity contribution < 1.29 is 18.7 Å². The molecule has 4 heterocycles. The van der Waals surface area contributed by atoms with Gasteiger partial charge in [0.2, 0.25) is 0 Å². The lowest BCUT2D eigenvalue weighted by molar-refractivity contribution is -0.0856. The Morgan fingerprint density at radius 1 is 1.22 bits per heavy atom. The minimum atomic E-state index is -0.228. The fourth-order valence-electron chi connectivity index (χ4n) is 4.46. The maximum atomic E-state index is 12.8. The van der Waals surface area contributed by atoms with E-state index in [-0.39, 0.29) is 12.0 Å². The second-order valence-electron chi connectivity index (χ2n) is 8.53. The summed E-state index contributed by atoms with van der Waals surface area (Å²) in [6.45, 7) is 8.66. The Morgan fingerprint density at radius 3 is 2.88 bits per heavy atom. The molecule has 1 atom stereocenters. The zero-order valence-corrected chi connectivity index (χ0v) is 18.7. The summed E-state index contributed by atoms with van der Waals surface area (Å²) in [7, 11) is 0. The van der Waals surface area contributed by atoms with Gasteiger partial charge in [0.1, 0.15) is 5.76 Å². The van der Waals surface area contributed by atoms with Gasteiger partial charge in [-0.15, -0.1) is 0 Å². The predicted molar refractivity (Wildman–Crippen MR) is 118 cm³/mol. The van der Waals surface area contributed by atoms with E-state index in [1.54, 1.807) is 0 Å². The number of furan rings is 1. The van der Waals surface area contributed by atoms with Gasteiger partial charge in [0.05, 0.1) is 38.2 Å². The van der Waals surface area contributed by atoms with Crippen LogP contribution in [0, 0.1) is 20.8 Å². The van der Waals surface area contributed by atoms with Crippen molar-refractivity contribution in [2.24, 2.45) is 0 Å². The summed E-state index contributed by atoms with van der Waals surface area (Å²) in [6.07, 6.45) is 3.57. The van der Waals surface area contributed by atoms with Gasteiger partial charge in [-0.3, -0.25) is 14.5 Å². The van der Waals surface area contributed by atoms with Crippen molar-refractivity contribution in [2.45, 2.75) is 46.3 Å². The van der Waals surface area contributed by atoms with Crippen molar-refractivity contribution in [3.8, 4) is 11.3 Å². The molecule has 1 aliphatic carbocycles. The molecular formula is C24H28N4O4. The van der Waals surface area contributed by atoms with Crippen LogP contribution >= 0.6 is 0 Å². The first kappa shape index (κ1) is 20.9. The van der Waals surface area contributed by atoms with Crippen molar-refractivity contribution >= 4 is 5.91 Å². The molecule has 8 nitrogen and oxygen atoms in total. The Labute approximate surface area is 186 Å². The monoisotopic (exact) mass is 436 g/mol. The number of pyridine rings is 1. The third-order valence-corrected chi connectivity index (χ3v) is 6.16. The van der Waals surface area contributed by atoms with Crippen LogP contribution in [-0.4, -0.2) is 53.1 Å². The zero-order chi connectivity index (χ0) is 22.2. The molecule has 0 spiro atoms. The summed E-state index contributed by atoms with van der Waals surface area (Å²) >= 11 is 0. The first-order chi connectivity index (χ1) is 15.5. The van der Waals surface area contributed by atoms with Crippen LogP contribution in [0.2, 0.25) is 0 Å². The van der Waals surface area contributed by atoms with E-state index in [2.05, 4.69) is 22.6 Å². The number of hydrogen-bond acceptors (Lipinski definition) is 6. The molecule has 1 aliphatic heterocycles. The average molecular weight is 437 g/mol. The highest BCUT2D eigenvalue weighted by molar-refractivity contribution is 5.95. The fraction of sp³-hybridized carbons (Fsp3) is 0.458. The van der Waals surface area contributed by atoms with Crippen LogP contribution in [0.15, 0.2) is 22.7 Å². The van der Waals surface area contributed by atoms with Crippen molar-refractivity contribution in [1.82, 2.24) is 20.1 Å². The molecule has 2 aliphatic rings. The first-order valence-electron chi connectivity index (χ1n) is 11.1. The van der Waals surface area contributed by atoms with E-state index in [1.807, 2.05) is 31.5 Å². The lowest BCUT2D eigenvalue weighted by Crippen LogP contribution is -2.39. The SMILES string of the molecule is Cc1ccc(Cn2cc3c(n2)-c2c(oc(C(=O)NC[C@@H]4COCCO4)c2C)CC3)c(C)n1. The Kier molecular flexibility index (Phi) is 5.57. The number of rotatable bonds is 5. The van der Waals surface area contributed by atoms with Gasteiger partial charge in [-0.1, -0.05) is 6.07 Å². The molecule has 0 bridgehead atoms.